The monoisotopic (exact) mass is 383 g/mol. The van der Waals surface area contributed by atoms with Gasteiger partial charge in [-0.2, -0.15) is 0 Å². The lowest BCUT2D eigenvalue weighted by atomic mass is 10.1. The molecule has 0 bridgehead atoms. The molecule has 22 heavy (non-hydrogen) atoms. The van der Waals surface area contributed by atoms with Crippen LogP contribution in [0, 0.1) is 0 Å². The van der Waals surface area contributed by atoms with Gasteiger partial charge in [-0.1, -0.05) is 23.7 Å². The Morgan fingerprint density at radius 1 is 1.32 bits per heavy atom. The van der Waals surface area contributed by atoms with Crippen molar-refractivity contribution in [3.8, 4) is 11.5 Å². The number of methoxy groups -OCH3 is 1. The fraction of sp³-hybridized carbons (Fsp3) is 0.188. The zero-order valence-electron chi connectivity index (χ0n) is 12.2. The van der Waals surface area contributed by atoms with Crippen molar-refractivity contribution in [1.82, 2.24) is 0 Å². The van der Waals surface area contributed by atoms with Crippen molar-refractivity contribution in [2.45, 2.75) is 6.92 Å². The van der Waals surface area contributed by atoms with Crippen LogP contribution < -0.4 is 14.8 Å². The first-order valence-electron chi connectivity index (χ1n) is 6.63. The average molecular weight is 385 g/mol. The fourth-order valence-electron chi connectivity index (χ4n) is 1.92. The minimum atomic E-state index is -0.280. The Bertz CT molecular complexity index is 691. The smallest absolute Gasteiger partial charge is 0.255 e. The highest BCUT2D eigenvalue weighted by Gasteiger charge is 2.16. The first kappa shape index (κ1) is 16.6. The fourth-order valence-corrected chi connectivity index (χ4v) is 2.59. The maximum absolute atomic E-state index is 12.4. The third kappa shape index (κ3) is 3.72. The third-order valence-corrected chi connectivity index (χ3v) is 3.87. The third-order valence-electron chi connectivity index (χ3n) is 2.90. The summed E-state index contributed by atoms with van der Waals surface area (Å²) in [5.74, 6) is 0.577. The molecule has 1 N–H and O–H groups in total. The molecule has 0 unspecified atom stereocenters. The van der Waals surface area contributed by atoms with Crippen LogP contribution in [0.25, 0.3) is 0 Å². The van der Waals surface area contributed by atoms with Crippen LogP contribution in [0.4, 0.5) is 5.69 Å². The van der Waals surface area contributed by atoms with Crippen LogP contribution in [0.15, 0.2) is 40.9 Å². The van der Waals surface area contributed by atoms with Gasteiger partial charge in [0, 0.05) is 10.0 Å². The van der Waals surface area contributed by atoms with Crippen LogP contribution in [0.5, 0.6) is 11.5 Å². The van der Waals surface area contributed by atoms with E-state index in [4.69, 9.17) is 21.1 Å². The molecule has 0 atom stereocenters. The molecule has 0 fully saturated rings. The number of anilines is 1. The molecule has 116 valence electrons. The van der Waals surface area contributed by atoms with E-state index >= 15 is 0 Å². The predicted molar refractivity (Wildman–Crippen MR) is 91.3 cm³/mol. The number of hydrogen-bond donors (Lipinski definition) is 1. The standard InChI is InChI=1S/C16H15BrClNO3/c1-3-22-14-9-10(8-12(18)15(14)21-2)16(20)19-13-7-5-4-6-11(13)17/h4-9H,3H2,1-2H3,(H,19,20). The highest BCUT2D eigenvalue weighted by Crippen LogP contribution is 2.36. The number of hydrogen-bond acceptors (Lipinski definition) is 3. The zero-order valence-corrected chi connectivity index (χ0v) is 14.5. The van der Waals surface area contributed by atoms with Gasteiger partial charge in [-0.15, -0.1) is 0 Å². The quantitative estimate of drug-likeness (QED) is 0.808. The Morgan fingerprint density at radius 3 is 2.68 bits per heavy atom. The lowest BCUT2D eigenvalue weighted by Crippen LogP contribution is -2.13. The second-order valence-electron chi connectivity index (χ2n) is 4.36. The van der Waals surface area contributed by atoms with Gasteiger partial charge < -0.3 is 14.8 Å². The van der Waals surface area contributed by atoms with Crippen molar-refractivity contribution in [2.24, 2.45) is 0 Å². The number of halogens is 2. The summed E-state index contributed by atoms with van der Waals surface area (Å²) < 4.78 is 11.5. The van der Waals surface area contributed by atoms with E-state index in [1.165, 1.54) is 7.11 Å². The van der Waals surface area contributed by atoms with E-state index in [2.05, 4.69) is 21.2 Å². The van der Waals surface area contributed by atoms with Crippen molar-refractivity contribution in [2.75, 3.05) is 19.0 Å². The van der Waals surface area contributed by atoms with Gasteiger partial charge >= 0.3 is 0 Å². The molecule has 2 aromatic carbocycles. The number of nitrogens with one attached hydrogen (secondary N) is 1. The number of para-hydroxylation sites is 1. The Labute approximate surface area is 142 Å². The topological polar surface area (TPSA) is 47.6 Å². The first-order chi connectivity index (χ1) is 10.6. The molecule has 0 heterocycles. The molecule has 0 spiro atoms. The van der Waals surface area contributed by atoms with Gasteiger partial charge in [0.15, 0.2) is 11.5 Å². The molecule has 0 saturated carbocycles. The number of carbonyl (C=O) groups is 1. The number of benzene rings is 2. The Kier molecular flexibility index (Phi) is 5.69. The van der Waals surface area contributed by atoms with Crippen LogP contribution >= 0.6 is 27.5 Å². The molecule has 4 nitrogen and oxygen atoms in total. The van der Waals surface area contributed by atoms with E-state index in [9.17, 15) is 4.79 Å². The highest BCUT2D eigenvalue weighted by atomic mass is 79.9. The Hall–Kier alpha value is -1.72. The molecule has 2 rings (SSSR count). The molecule has 0 saturated heterocycles. The number of amides is 1. The SMILES string of the molecule is CCOc1cc(C(=O)Nc2ccccc2Br)cc(Cl)c1OC. The molecule has 0 aliphatic rings. The van der Waals surface area contributed by atoms with Crippen molar-refractivity contribution in [3.63, 3.8) is 0 Å². The summed E-state index contributed by atoms with van der Waals surface area (Å²) in [4.78, 5) is 12.4. The molecule has 0 aliphatic carbocycles. The lowest BCUT2D eigenvalue weighted by molar-refractivity contribution is 0.102. The molecule has 0 aliphatic heterocycles. The maximum Gasteiger partial charge on any atom is 0.255 e. The summed E-state index contributed by atoms with van der Waals surface area (Å²) in [5, 5.41) is 3.14. The first-order valence-corrected chi connectivity index (χ1v) is 7.80. The summed E-state index contributed by atoms with van der Waals surface area (Å²) in [6, 6.07) is 10.5. The highest BCUT2D eigenvalue weighted by molar-refractivity contribution is 9.10. The van der Waals surface area contributed by atoms with Crippen LogP contribution in [0.3, 0.4) is 0 Å². The van der Waals surface area contributed by atoms with E-state index in [-0.39, 0.29) is 5.91 Å². The van der Waals surface area contributed by atoms with E-state index in [0.717, 1.165) is 4.47 Å². The van der Waals surface area contributed by atoms with Crippen molar-refractivity contribution in [1.29, 1.82) is 0 Å². The van der Waals surface area contributed by atoms with Crippen molar-refractivity contribution < 1.29 is 14.3 Å². The number of ether oxygens (including phenoxy) is 2. The summed E-state index contributed by atoms with van der Waals surface area (Å²) in [7, 11) is 1.50. The van der Waals surface area contributed by atoms with Crippen molar-refractivity contribution >= 4 is 39.1 Å². The zero-order chi connectivity index (χ0) is 16.1. The summed E-state index contributed by atoms with van der Waals surface area (Å²) >= 11 is 9.54. The predicted octanol–water partition coefficient (Wildman–Crippen LogP) is 4.76. The average Bonchev–Trinajstić information content (AvgIpc) is 2.49. The molecule has 2 aromatic rings. The molecular formula is C16H15BrClNO3. The normalized spacial score (nSPS) is 10.2. The number of rotatable bonds is 5. The van der Waals surface area contributed by atoms with Gasteiger partial charge in [0.25, 0.3) is 5.91 Å². The molecular weight excluding hydrogens is 370 g/mol. The van der Waals surface area contributed by atoms with Gasteiger partial charge in [-0.3, -0.25) is 4.79 Å². The molecule has 6 heteroatoms. The van der Waals surface area contributed by atoms with Gasteiger partial charge in [0.05, 0.1) is 24.4 Å². The Balaban J connectivity index is 2.32. The second-order valence-corrected chi connectivity index (χ2v) is 5.62. The summed E-state index contributed by atoms with van der Waals surface area (Å²) in [6.45, 7) is 2.29. The van der Waals surface area contributed by atoms with Gasteiger partial charge in [0.1, 0.15) is 0 Å². The van der Waals surface area contributed by atoms with E-state index < -0.39 is 0 Å². The van der Waals surface area contributed by atoms with Crippen LogP contribution in [-0.2, 0) is 0 Å². The van der Waals surface area contributed by atoms with Gasteiger partial charge in [-0.25, -0.2) is 0 Å². The Morgan fingerprint density at radius 2 is 2.05 bits per heavy atom. The minimum absolute atomic E-state index is 0.280. The largest absolute Gasteiger partial charge is 0.491 e. The van der Waals surface area contributed by atoms with Crippen LogP contribution in [0.2, 0.25) is 5.02 Å². The molecule has 1 amide bonds. The van der Waals surface area contributed by atoms with E-state index in [1.54, 1.807) is 18.2 Å². The molecule has 0 aromatic heterocycles. The van der Waals surface area contributed by atoms with E-state index in [1.807, 2.05) is 25.1 Å². The minimum Gasteiger partial charge on any atom is -0.491 e. The van der Waals surface area contributed by atoms with Crippen molar-refractivity contribution in [3.05, 3.63) is 51.5 Å². The number of carbonyl (C=O) groups excluding carboxylic acids is 1. The van der Waals surface area contributed by atoms with Crippen LogP contribution in [-0.4, -0.2) is 19.6 Å². The maximum atomic E-state index is 12.4. The van der Waals surface area contributed by atoms with Gasteiger partial charge in [-0.05, 0) is 47.1 Å². The summed E-state index contributed by atoms with van der Waals surface area (Å²) in [5.41, 5.74) is 1.07. The van der Waals surface area contributed by atoms with Gasteiger partial charge in [0.2, 0.25) is 0 Å². The molecule has 0 radical (unpaired) electrons. The second kappa shape index (κ2) is 7.51. The van der Waals surface area contributed by atoms with E-state index in [0.29, 0.717) is 34.4 Å². The summed E-state index contributed by atoms with van der Waals surface area (Å²) in [6.07, 6.45) is 0. The van der Waals surface area contributed by atoms with Crippen LogP contribution in [0.1, 0.15) is 17.3 Å². The lowest BCUT2D eigenvalue weighted by Gasteiger charge is -2.13.